The highest BCUT2D eigenvalue weighted by molar-refractivity contribution is 6.34. The van der Waals surface area contributed by atoms with Crippen LogP contribution in [0, 0.1) is 0 Å². The van der Waals surface area contributed by atoms with Gasteiger partial charge < -0.3 is 5.32 Å². The van der Waals surface area contributed by atoms with Gasteiger partial charge in [-0.3, -0.25) is 4.79 Å². The van der Waals surface area contributed by atoms with Gasteiger partial charge in [-0.1, -0.05) is 54.8 Å². The van der Waals surface area contributed by atoms with Crippen LogP contribution in [0.4, 0.5) is 5.69 Å². The van der Waals surface area contributed by atoms with Crippen molar-refractivity contribution in [3.8, 4) is 0 Å². The van der Waals surface area contributed by atoms with E-state index in [2.05, 4.69) is 11.4 Å². The van der Waals surface area contributed by atoms with Gasteiger partial charge in [0.25, 0.3) is 5.91 Å². The summed E-state index contributed by atoms with van der Waals surface area (Å²) in [4.78, 5) is 12.4. The van der Waals surface area contributed by atoms with E-state index in [9.17, 15) is 4.79 Å². The number of benzene rings is 2. The van der Waals surface area contributed by atoms with Crippen molar-refractivity contribution in [2.75, 3.05) is 5.32 Å². The third-order valence-electron chi connectivity index (χ3n) is 4.12. The fourth-order valence-corrected chi connectivity index (χ4v) is 3.26. The number of carbonyl (C=O) groups excluding carboxylic acids is 1. The van der Waals surface area contributed by atoms with Crippen LogP contribution >= 0.6 is 11.6 Å². The Hall–Kier alpha value is -1.80. The second kappa shape index (κ2) is 6.31. The summed E-state index contributed by atoms with van der Waals surface area (Å²) in [5.41, 5.74) is 2.67. The van der Waals surface area contributed by atoms with E-state index in [1.807, 2.05) is 30.3 Å². The second-order valence-corrected chi connectivity index (χ2v) is 5.91. The Morgan fingerprint density at radius 2 is 1.67 bits per heavy atom. The lowest BCUT2D eigenvalue weighted by Gasteiger charge is -2.16. The molecule has 0 saturated heterocycles. The fraction of sp³-hybridized carbons (Fsp3) is 0.278. The Labute approximate surface area is 130 Å². The molecule has 2 aromatic carbocycles. The predicted octanol–water partition coefficient (Wildman–Crippen LogP) is 5.25. The van der Waals surface area contributed by atoms with Gasteiger partial charge in [-0.15, -0.1) is 0 Å². The van der Waals surface area contributed by atoms with Crippen LogP contribution < -0.4 is 5.32 Å². The maximum atomic E-state index is 12.4. The zero-order chi connectivity index (χ0) is 14.7. The first-order valence-corrected chi connectivity index (χ1v) is 7.78. The SMILES string of the molecule is O=C(Nc1ccccc1C1CCCC1)c1ccccc1Cl. The van der Waals surface area contributed by atoms with E-state index in [0.29, 0.717) is 16.5 Å². The van der Waals surface area contributed by atoms with Crippen LogP contribution in [0.3, 0.4) is 0 Å². The maximum absolute atomic E-state index is 12.4. The van der Waals surface area contributed by atoms with Crippen molar-refractivity contribution in [3.63, 3.8) is 0 Å². The van der Waals surface area contributed by atoms with E-state index in [-0.39, 0.29) is 5.91 Å². The summed E-state index contributed by atoms with van der Waals surface area (Å²) in [7, 11) is 0. The molecule has 1 aliphatic rings. The molecule has 0 heterocycles. The van der Waals surface area contributed by atoms with Crippen LogP contribution in [0.2, 0.25) is 5.02 Å². The largest absolute Gasteiger partial charge is 0.322 e. The molecule has 0 atom stereocenters. The first-order chi connectivity index (χ1) is 10.3. The molecule has 0 unspecified atom stereocenters. The molecule has 0 radical (unpaired) electrons. The highest BCUT2D eigenvalue weighted by Gasteiger charge is 2.20. The molecule has 21 heavy (non-hydrogen) atoms. The molecule has 1 amide bonds. The highest BCUT2D eigenvalue weighted by atomic mass is 35.5. The number of hydrogen-bond acceptors (Lipinski definition) is 1. The Balaban J connectivity index is 1.85. The summed E-state index contributed by atoms with van der Waals surface area (Å²) >= 11 is 6.09. The van der Waals surface area contributed by atoms with E-state index in [4.69, 9.17) is 11.6 Å². The molecule has 3 rings (SSSR count). The van der Waals surface area contributed by atoms with E-state index < -0.39 is 0 Å². The van der Waals surface area contributed by atoms with Crippen molar-refractivity contribution in [1.29, 1.82) is 0 Å². The van der Waals surface area contributed by atoms with Crippen molar-refractivity contribution < 1.29 is 4.79 Å². The summed E-state index contributed by atoms with van der Waals surface area (Å²) in [5, 5.41) is 3.50. The number of anilines is 1. The molecule has 1 fully saturated rings. The quantitative estimate of drug-likeness (QED) is 0.824. The highest BCUT2D eigenvalue weighted by Crippen LogP contribution is 2.37. The third-order valence-corrected chi connectivity index (χ3v) is 4.45. The number of halogens is 1. The summed E-state index contributed by atoms with van der Waals surface area (Å²) in [5.74, 6) is 0.416. The molecule has 0 aliphatic heterocycles. The number of para-hydroxylation sites is 1. The van der Waals surface area contributed by atoms with Crippen LogP contribution in [0.25, 0.3) is 0 Å². The molecule has 108 valence electrons. The summed E-state index contributed by atoms with van der Waals surface area (Å²) in [6, 6.07) is 15.2. The average Bonchev–Trinajstić information content (AvgIpc) is 3.02. The standard InChI is InChI=1S/C18H18ClNO/c19-16-11-5-3-10-15(16)18(21)20-17-12-6-4-9-14(17)13-7-1-2-8-13/h3-6,9-13H,1-2,7-8H2,(H,20,21). The molecular weight excluding hydrogens is 282 g/mol. The maximum Gasteiger partial charge on any atom is 0.257 e. The van der Waals surface area contributed by atoms with Crippen molar-refractivity contribution >= 4 is 23.2 Å². The van der Waals surface area contributed by atoms with Gasteiger partial charge in [0.2, 0.25) is 0 Å². The van der Waals surface area contributed by atoms with Gasteiger partial charge in [0.1, 0.15) is 0 Å². The second-order valence-electron chi connectivity index (χ2n) is 5.50. The molecule has 2 aromatic rings. The van der Waals surface area contributed by atoms with Gasteiger partial charge in [-0.25, -0.2) is 0 Å². The first-order valence-electron chi connectivity index (χ1n) is 7.40. The Kier molecular flexibility index (Phi) is 4.26. The lowest BCUT2D eigenvalue weighted by molar-refractivity contribution is 0.102. The zero-order valence-electron chi connectivity index (χ0n) is 11.8. The fourth-order valence-electron chi connectivity index (χ4n) is 3.04. The van der Waals surface area contributed by atoms with Crippen LogP contribution in [-0.4, -0.2) is 5.91 Å². The number of rotatable bonds is 3. The minimum Gasteiger partial charge on any atom is -0.322 e. The van der Waals surface area contributed by atoms with Gasteiger partial charge in [-0.05, 0) is 42.5 Å². The topological polar surface area (TPSA) is 29.1 Å². The molecule has 1 N–H and O–H groups in total. The minimum atomic E-state index is -0.147. The number of nitrogens with one attached hydrogen (secondary N) is 1. The molecule has 0 spiro atoms. The van der Waals surface area contributed by atoms with Crippen molar-refractivity contribution in [1.82, 2.24) is 0 Å². The Morgan fingerprint density at radius 1 is 1.00 bits per heavy atom. The average molecular weight is 300 g/mol. The van der Waals surface area contributed by atoms with Crippen LogP contribution in [-0.2, 0) is 0 Å². The van der Waals surface area contributed by atoms with Crippen molar-refractivity contribution in [2.24, 2.45) is 0 Å². The Morgan fingerprint density at radius 3 is 2.43 bits per heavy atom. The number of hydrogen-bond donors (Lipinski definition) is 1. The van der Waals surface area contributed by atoms with E-state index in [1.165, 1.54) is 31.2 Å². The van der Waals surface area contributed by atoms with Gasteiger partial charge in [0.05, 0.1) is 10.6 Å². The molecule has 1 aliphatic carbocycles. The molecule has 1 saturated carbocycles. The minimum absolute atomic E-state index is 0.147. The van der Waals surface area contributed by atoms with Crippen LogP contribution in [0.5, 0.6) is 0 Å². The lowest BCUT2D eigenvalue weighted by Crippen LogP contribution is -2.14. The summed E-state index contributed by atoms with van der Waals surface area (Å²) < 4.78 is 0. The van der Waals surface area contributed by atoms with E-state index in [0.717, 1.165) is 5.69 Å². The first kappa shape index (κ1) is 14.2. The van der Waals surface area contributed by atoms with Crippen LogP contribution in [0.1, 0.15) is 47.5 Å². The van der Waals surface area contributed by atoms with Gasteiger partial charge in [-0.2, -0.15) is 0 Å². The Bertz CT molecular complexity index is 647. The summed E-state index contributed by atoms with van der Waals surface area (Å²) in [6.07, 6.45) is 4.97. The molecule has 2 nitrogen and oxygen atoms in total. The molecule has 0 bridgehead atoms. The number of amides is 1. The summed E-state index contributed by atoms with van der Waals surface area (Å²) in [6.45, 7) is 0. The van der Waals surface area contributed by atoms with E-state index in [1.54, 1.807) is 12.1 Å². The van der Waals surface area contributed by atoms with E-state index >= 15 is 0 Å². The lowest BCUT2D eigenvalue weighted by atomic mass is 9.96. The van der Waals surface area contributed by atoms with Gasteiger partial charge >= 0.3 is 0 Å². The predicted molar refractivity (Wildman–Crippen MR) is 87.1 cm³/mol. The molecular formula is C18H18ClNO. The molecule has 3 heteroatoms. The van der Waals surface area contributed by atoms with Crippen molar-refractivity contribution in [3.05, 3.63) is 64.7 Å². The normalized spacial score (nSPS) is 15.1. The molecule has 0 aromatic heterocycles. The zero-order valence-corrected chi connectivity index (χ0v) is 12.6. The third kappa shape index (κ3) is 3.11. The van der Waals surface area contributed by atoms with Gasteiger partial charge in [0, 0.05) is 5.69 Å². The van der Waals surface area contributed by atoms with Crippen LogP contribution in [0.15, 0.2) is 48.5 Å². The van der Waals surface area contributed by atoms with Crippen molar-refractivity contribution in [2.45, 2.75) is 31.6 Å². The number of carbonyl (C=O) groups is 1. The smallest absolute Gasteiger partial charge is 0.257 e. The van der Waals surface area contributed by atoms with Gasteiger partial charge in [0.15, 0.2) is 0 Å². The monoisotopic (exact) mass is 299 g/mol.